The Balaban J connectivity index is 1.99. The molecule has 0 unspecified atom stereocenters. The normalized spacial score (nSPS) is 26.9. The molecule has 1 aliphatic carbocycles. The van der Waals surface area contributed by atoms with Gasteiger partial charge in [0, 0.05) is 19.6 Å². The van der Waals surface area contributed by atoms with E-state index < -0.39 is 9.84 Å². The molecule has 2 rings (SSSR count). The van der Waals surface area contributed by atoms with Crippen molar-refractivity contribution in [2.75, 3.05) is 44.2 Å². The highest BCUT2D eigenvalue weighted by atomic mass is 32.2. The summed E-state index contributed by atoms with van der Waals surface area (Å²) in [5, 5.41) is 3.56. The van der Waals surface area contributed by atoms with E-state index in [0.29, 0.717) is 16.9 Å². The zero-order valence-electron chi connectivity index (χ0n) is 13.6. The van der Waals surface area contributed by atoms with Crippen LogP contribution in [-0.2, 0) is 9.84 Å². The van der Waals surface area contributed by atoms with Crippen molar-refractivity contribution in [3.63, 3.8) is 0 Å². The monoisotopic (exact) mass is 316 g/mol. The van der Waals surface area contributed by atoms with Crippen LogP contribution < -0.4 is 5.32 Å². The van der Waals surface area contributed by atoms with E-state index >= 15 is 0 Å². The molecule has 0 amide bonds. The van der Waals surface area contributed by atoms with Crippen LogP contribution in [0.3, 0.4) is 0 Å². The number of hydrogen-bond donors (Lipinski definition) is 1. The molecule has 1 aliphatic heterocycles. The second-order valence-corrected chi connectivity index (χ2v) is 9.28. The van der Waals surface area contributed by atoms with Crippen LogP contribution in [0.1, 0.15) is 51.9 Å². The van der Waals surface area contributed by atoms with Gasteiger partial charge in [-0.1, -0.05) is 32.6 Å². The number of rotatable bonds is 5. The van der Waals surface area contributed by atoms with E-state index in [1.54, 1.807) is 0 Å². The van der Waals surface area contributed by atoms with Gasteiger partial charge in [-0.05, 0) is 37.8 Å². The summed E-state index contributed by atoms with van der Waals surface area (Å²) in [7, 11) is -2.79. The summed E-state index contributed by atoms with van der Waals surface area (Å²) in [6, 6.07) is 0. The lowest BCUT2D eigenvalue weighted by Gasteiger charge is -2.38. The highest BCUT2D eigenvalue weighted by Gasteiger charge is 2.33. The van der Waals surface area contributed by atoms with E-state index in [2.05, 4.69) is 17.1 Å². The van der Waals surface area contributed by atoms with Gasteiger partial charge in [0.1, 0.15) is 0 Å². The summed E-state index contributed by atoms with van der Waals surface area (Å²) in [4.78, 5) is 2.42. The van der Waals surface area contributed by atoms with Crippen LogP contribution in [0.25, 0.3) is 0 Å². The Bertz CT molecular complexity index is 401. The zero-order chi connectivity index (χ0) is 15.2. The first-order chi connectivity index (χ1) is 10.1. The minimum Gasteiger partial charge on any atom is -0.316 e. The van der Waals surface area contributed by atoms with Crippen LogP contribution in [0.2, 0.25) is 0 Å². The predicted octanol–water partition coefficient (Wildman–Crippen LogP) is 2.06. The molecule has 5 heteroatoms. The second-order valence-electron chi connectivity index (χ2n) is 6.98. The highest BCUT2D eigenvalue weighted by molar-refractivity contribution is 7.91. The third-order valence-corrected chi connectivity index (χ3v) is 6.84. The fourth-order valence-electron chi connectivity index (χ4n) is 3.88. The smallest absolute Gasteiger partial charge is 0.151 e. The minimum absolute atomic E-state index is 0.351. The quantitative estimate of drug-likeness (QED) is 0.789. The molecule has 21 heavy (non-hydrogen) atoms. The number of nitrogens with zero attached hydrogens (tertiary/aromatic N) is 1. The van der Waals surface area contributed by atoms with Crippen molar-refractivity contribution in [1.82, 2.24) is 10.2 Å². The Kier molecular flexibility index (Phi) is 6.51. The Hall–Kier alpha value is -0.130. The van der Waals surface area contributed by atoms with Gasteiger partial charge in [0.25, 0.3) is 0 Å². The van der Waals surface area contributed by atoms with Gasteiger partial charge in [0.15, 0.2) is 9.84 Å². The maximum absolute atomic E-state index is 11.8. The van der Waals surface area contributed by atoms with Crippen molar-refractivity contribution in [2.45, 2.75) is 51.9 Å². The van der Waals surface area contributed by atoms with Crippen molar-refractivity contribution in [2.24, 2.45) is 5.41 Å². The predicted molar refractivity (Wildman–Crippen MR) is 88.4 cm³/mol. The molecule has 2 fully saturated rings. The number of sulfone groups is 1. The van der Waals surface area contributed by atoms with Gasteiger partial charge in [-0.15, -0.1) is 0 Å². The van der Waals surface area contributed by atoms with E-state index in [1.807, 2.05) is 0 Å². The molecule has 0 aromatic carbocycles. The highest BCUT2D eigenvalue weighted by Crippen LogP contribution is 2.35. The van der Waals surface area contributed by atoms with Crippen molar-refractivity contribution in [3.8, 4) is 0 Å². The first-order valence-corrected chi connectivity index (χ1v) is 10.5. The van der Waals surface area contributed by atoms with Crippen molar-refractivity contribution in [3.05, 3.63) is 0 Å². The van der Waals surface area contributed by atoms with Gasteiger partial charge in [0.05, 0.1) is 11.5 Å². The van der Waals surface area contributed by atoms with Crippen molar-refractivity contribution >= 4 is 9.84 Å². The van der Waals surface area contributed by atoms with Crippen LogP contribution in [0.5, 0.6) is 0 Å². The molecule has 0 spiro atoms. The van der Waals surface area contributed by atoms with Gasteiger partial charge < -0.3 is 10.2 Å². The van der Waals surface area contributed by atoms with E-state index in [9.17, 15) is 8.42 Å². The summed E-state index contributed by atoms with van der Waals surface area (Å²) >= 11 is 0. The summed E-state index contributed by atoms with van der Waals surface area (Å²) in [5.74, 6) is 0.730. The molecule has 0 aromatic rings. The summed E-state index contributed by atoms with van der Waals surface area (Å²) in [6.45, 7) is 7.05. The molecule has 0 radical (unpaired) electrons. The lowest BCUT2D eigenvalue weighted by molar-refractivity contribution is 0.133. The summed E-state index contributed by atoms with van der Waals surface area (Å²) in [6.07, 6.45) is 8.78. The first-order valence-electron chi connectivity index (χ1n) is 8.69. The largest absolute Gasteiger partial charge is 0.316 e. The number of hydrogen-bond acceptors (Lipinski definition) is 4. The van der Waals surface area contributed by atoms with E-state index in [0.717, 1.165) is 39.1 Å². The molecule has 0 atom stereocenters. The third-order valence-electron chi connectivity index (χ3n) is 5.12. The standard InChI is InChI=1S/C16H32N2O2S/c1-2-17-14-16(8-5-3-4-6-9-16)15-18-10-7-12-21(19,20)13-11-18/h17H,2-15H2,1H3. The first kappa shape index (κ1) is 17.2. The minimum atomic E-state index is -2.79. The molecule has 124 valence electrons. The van der Waals surface area contributed by atoms with Crippen LogP contribution in [0, 0.1) is 5.41 Å². The zero-order valence-corrected chi connectivity index (χ0v) is 14.4. The molecular weight excluding hydrogens is 284 g/mol. The third kappa shape index (κ3) is 5.53. The topological polar surface area (TPSA) is 49.4 Å². The van der Waals surface area contributed by atoms with Crippen LogP contribution in [0.15, 0.2) is 0 Å². The van der Waals surface area contributed by atoms with Crippen LogP contribution in [-0.4, -0.2) is 57.5 Å². The van der Waals surface area contributed by atoms with E-state index in [1.165, 1.54) is 38.5 Å². The Morgan fingerprint density at radius 3 is 2.38 bits per heavy atom. The Morgan fingerprint density at radius 2 is 1.71 bits per heavy atom. The maximum Gasteiger partial charge on any atom is 0.151 e. The fourth-order valence-corrected chi connectivity index (χ4v) is 5.19. The molecular formula is C16H32N2O2S. The van der Waals surface area contributed by atoms with Crippen LogP contribution in [0.4, 0.5) is 0 Å². The van der Waals surface area contributed by atoms with Crippen LogP contribution >= 0.6 is 0 Å². The molecule has 1 N–H and O–H groups in total. The Morgan fingerprint density at radius 1 is 1.00 bits per heavy atom. The van der Waals surface area contributed by atoms with Crippen molar-refractivity contribution < 1.29 is 8.42 Å². The second kappa shape index (κ2) is 7.93. The lowest BCUT2D eigenvalue weighted by atomic mass is 9.79. The van der Waals surface area contributed by atoms with Gasteiger partial charge in [-0.3, -0.25) is 0 Å². The average Bonchev–Trinajstić information content (AvgIpc) is 2.77. The van der Waals surface area contributed by atoms with Gasteiger partial charge in [-0.2, -0.15) is 0 Å². The molecule has 1 heterocycles. The summed E-state index contributed by atoms with van der Waals surface area (Å²) < 4.78 is 23.6. The van der Waals surface area contributed by atoms with E-state index in [4.69, 9.17) is 0 Å². The molecule has 0 bridgehead atoms. The van der Waals surface area contributed by atoms with Gasteiger partial charge >= 0.3 is 0 Å². The van der Waals surface area contributed by atoms with Crippen molar-refractivity contribution in [1.29, 1.82) is 0 Å². The van der Waals surface area contributed by atoms with Gasteiger partial charge in [-0.25, -0.2) is 8.42 Å². The lowest BCUT2D eigenvalue weighted by Crippen LogP contribution is -2.45. The molecule has 1 saturated heterocycles. The molecule has 0 aromatic heterocycles. The molecule has 2 aliphatic rings. The Labute approximate surface area is 130 Å². The molecule has 1 saturated carbocycles. The molecule has 4 nitrogen and oxygen atoms in total. The van der Waals surface area contributed by atoms with Gasteiger partial charge in [0.2, 0.25) is 0 Å². The SMILES string of the molecule is CCNCC1(CN2CCCS(=O)(=O)CC2)CCCCCC1. The fraction of sp³-hybridized carbons (Fsp3) is 1.00. The van der Waals surface area contributed by atoms with E-state index in [-0.39, 0.29) is 0 Å². The average molecular weight is 317 g/mol. The number of nitrogens with one attached hydrogen (secondary N) is 1. The maximum atomic E-state index is 11.8. The summed E-state index contributed by atoms with van der Waals surface area (Å²) in [5.41, 5.74) is 0.362.